The van der Waals surface area contributed by atoms with E-state index in [9.17, 15) is 4.79 Å². The van der Waals surface area contributed by atoms with Gasteiger partial charge in [0, 0.05) is 11.4 Å². The van der Waals surface area contributed by atoms with Crippen LogP contribution >= 0.6 is 11.6 Å². The highest BCUT2D eigenvalue weighted by molar-refractivity contribution is 6.30. The summed E-state index contributed by atoms with van der Waals surface area (Å²) in [5, 5.41) is 0.673. The highest BCUT2D eigenvalue weighted by atomic mass is 35.5. The van der Waals surface area contributed by atoms with Crippen molar-refractivity contribution >= 4 is 17.4 Å². The summed E-state index contributed by atoms with van der Waals surface area (Å²) in [7, 11) is 0. The summed E-state index contributed by atoms with van der Waals surface area (Å²) in [6.45, 7) is 1.54. The van der Waals surface area contributed by atoms with Crippen LogP contribution in [0.4, 0.5) is 0 Å². The fraction of sp³-hybridized carbons (Fsp3) is 0.250. The minimum atomic E-state index is -0.134. The first kappa shape index (κ1) is 10.8. The van der Waals surface area contributed by atoms with Crippen molar-refractivity contribution in [2.75, 3.05) is 0 Å². The van der Waals surface area contributed by atoms with Crippen LogP contribution in [0.1, 0.15) is 24.8 Å². The van der Waals surface area contributed by atoms with Crippen LogP contribution in [0.2, 0.25) is 5.02 Å². The molecule has 0 saturated carbocycles. The first-order valence-electron chi connectivity index (χ1n) is 4.34. The van der Waals surface area contributed by atoms with Crippen LogP contribution in [0.3, 0.4) is 0 Å². The third-order valence-corrected chi connectivity index (χ3v) is 2.22. The molecule has 1 aromatic rings. The lowest BCUT2D eigenvalue weighted by atomic mass is 9.95. The third kappa shape index (κ3) is 2.90. The molecule has 0 heterocycles. The molecule has 1 atom stereocenters. The Morgan fingerprint density at radius 1 is 1.50 bits per heavy atom. The van der Waals surface area contributed by atoms with Crippen molar-refractivity contribution in [2.45, 2.75) is 19.3 Å². The normalized spacial score (nSPS) is 11.8. The number of hydrogen-bond acceptors (Lipinski definition) is 1. The van der Waals surface area contributed by atoms with Gasteiger partial charge in [0.2, 0.25) is 0 Å². The lowest BCUT2D eigenvalue weighted by Crippen LogP contribution is -2.01. The van der Waals surface area contributed by atoms with Crippen LogP contribution in [-0.2, 0) is 4.79 Å². The zero-order chi connectivity index (χ0) is 10.6. The Kier molecular flexibility index (Phi) is 3.73. The molecule has 72 valence electrons. The molecule has 14 heavy (non-hydrogen) atoms. The van der Waals surface area contributed by atoms with Gasteiger partial charge in [0.15, 0.2) is 0 Å². The predicted octanol–water partition coefficient (Wildman–Crippen LogP) is 3.04. The topological polar surface area (TPSA) is 17.1 Å². The first-order valence-corrected chi connectivity index (χ1v) is 4.72. The Labute approximate surface area is 89.1 Å². The molecule has 1 rings (SSSR count). The highest BCUT2D eigenvalue weighted by Crippen LogP contribution is 2.20. The molecule has 0 N–H and O–H groups in total. The number of carbonyl (C=O) groups excluding carboxylic acids is 1. The average Bonchev–Trinajstić information content (AvgIpc) is 2.15. The zero-order valence-corrected chi connectivity index (χ0v) is 8.71. The van der Waals surface area contributed by atoms with E-state index >= 15 is 0 Å². The lowest BCUT2D eigenvalue weighted by molar-refractivity contribution is -0.117. The van der Waals surface area contributed by atoms with Gasteiger partial charge in [-0.25, -0.2) is 0 Å². The molecule has 1 nitrogen and oxygen atoms in total. The van der Waals surface area contributed by atoms with Crippen molar-refractivity contribution < 1.29 is 4.79 Å². The van der Waals surface area contributed by atoms with Crippen LogP contribution in [0.5, 0.6) is 0 Å². The maximum atomic E-state index is 10.9. The molecule has 0 aliphatic carbocycles. The summed E-state index contributed by atoms with van der Waals surface area (Å²) < 4.78 is 0. The molecular formula is C12H11ClO. The molecule has 1 aromatic carbocycles. The number of ketones is 1. The summed E-state index contributed by atoms with van der Waals surface area (Å²) in [5.41, 5.74) is 0.965. The summed E-state index contributed by atoms with van der Waals surface area (Å²) in [6.07, 6.45) is 5.74. The number of halogens is 1. The van der Waals surface area contributed by atoms with E-state index in [-0.39, 0.29) is 11.7 Å². The van der Waals surface area contributed by atoms with Crippen molar-refractivity contribution in [1.29, 1.82) is 0 Å². The molecule has 0 aromatic heterocycles. The van der Waals surface area contributed by atoms with E-state index in [0.717, 1.165) is 5.56 Å². The number of carbonyl (C=O) groups is 1. The quantitative estimate of drug-likeness (QED) is 0.695. The SMILES string of the molecule is C#C[C@@H](CC(C)=O)c1ccc(Cl)cc1. The van der Waals surface area contributed by atoms with Crippen molar-refractivity contribution in [1.82, 2.24) is 0 Å². The smallest absolute Gasteiger partial charge is 0.131 e. The van der Waals surface area contributed by atoms with E-state index in [0.29, 0.717) is 11.4 Å². The van der Waals surface area contributed by atoms with E-state index in [1.165, 1.54) is 0 Å². The average molecular weight is 207 g/mol. The molecule has 0 bridgehead atoms. The lowest BCUT2D eigenvalue weighted by Gasteiger charge is -2.08. The second-order valence-corrected chi connectivity index (χ2v) is 3.61. The van der Waals surface area contributed by atoms with Gasteiger partial charge in [-0.2, -0.15) is 0 Å². The van der Waals surface area contributed by atoms with Crippen LogP contribution in [0.25, 0.3) is 0 Å². The molecule has 0 spiro atoms. The number of hydrogen-bond donors (Lipinski definition) is 0. The first-order chi connectivity index (χ1) is 6.63. The van der Waals surface area contributed by atoms with Gasteiger partial charge in [-0.15, -0.1) is 6.42 Å². The molecule has 0 aliphatic rings. The minimum Gasteiger partial charge on any atom is -0.300 e. The van der Waals surface area contributed by atoms with Crippen molar-refractivity contribution in [2.24, 2.45) is 0 Å². The number of benzene rings is 1. The van der Waals surface area contributed by atoms with Crippen LogP contribution < -0.4 is 0 Å². The molecule has 0 unspecified atom stereocenters. The van der Waals surface area contributed by atoms with Gasteiger partial charge in [-0.1, -0.05) is 29.7 Å². The monoisotopic (exact) mass is 206 g/mol. The highest BCUT2D eigenvalue weighted by Gasteiger charge is 2.10. The molecule has 0 fully saturated rings. The minimum absolute atomic E-state index is 0.0999. The standard InChI is InChI=1S/C12H11ClO/c1-3-10(8-9(2)14)11-4-6-12(13)7-5-11/h1,4-7,10H,8H2,2H3/t10-/m0/s1. The second kappa shape index (κ2) is 4.83. The molecule has 0 aliphatic heterocycles. The molecule has 0 saturated heterocycles. The van der Waals surface area contributed by atoms with Crippen LogP contribution in [0, 0.1) is 12.3 Å². The van der Waals surface area contributed by atoms with Crippen molar-refractivity contribution in [3.8, 4) is 12.3 Å². The van der Waals surface area contributed by atoms with E-state index in [2.05, 4.69) is 5.92 Å². The largest absolute Gasteiger partial charge is 0.300 e. The van der Waals surface area contributed by atoms with Gasteiger partial charge in [0.25, 0.3) is 0 Å². The van der Waals surface area contributed by atoms with E-state index in [1.807, 2.05) is 12.1 Å². The summed E-state index contributed by atoms with van der Waals surface area (Å²) in [4.78, 5) is 10.9. The second-order valence-electron chi connectivity index (χ2n) is 3.18. The van der Waals surface area contributed by atoms with E-state index < -0.39 is 0 Å². The van der Waals surface area contributed by atoms with Gasteiger partial charge < -0.3 is 0 Å². The van der Waals surface area contributed by atoms with Crippen molar-refractivity contribution in [3.63, 3.8) is 0 Å². The van der Waals surface area contributed by atoms with Gasteiger partial charge in [0.1, 0.15) is 5.78 Å². The zero-order valence-electron chi connectivity index (χ0n) is 7.96. The van der Waals surface area contributed by atoms with E-state index in [4.69, 9.17) is 18.0 Å². The fourth-order valence-electron chi connectivity index (χ4n) is 1.26. The summed E-state index contributed by atoms with van der Waals surface area (Å²) in [5.74, 6) is 2.57. The third-order valence-electron chi connectivity index (χ3n) is 1.97. The molecule has 2 heteroatoms. The maximum absolute atomic E-state index is 10.9. The van der Waals surface area contributed by atoms with Crippen molar-refractivity contribution in [3.05, 3.63) is 34.9 Å². The van der Waals surface area contributed by atoms with Gasteiger partial charge >= 0.3 is 0 Å². The number of terminal acetylenes is 1. The predicted molar refractivity (Wildman–Crippen MR) is 58.3 cm³/mol. The maximum Gasteiger partial charge on any atom is 0.131 e. The van der Waals surface area contributed by atoms with Gasteiger partial charge in [0.05, 0.1) is 5.92 Å². The Morgan fingerprint density at radius 2 is 2.07 bits per heavy atom. The Bertz CT molecular complexity index is 359. The number of Topliss-reactive ketones (excluding diaryl/α,β-unsaturated/α-hetero) is 1. The number of rotatable bonds is 3. The summed E-state index contributed by atoms with van der Waals surface area (Å²) in [6, 6.07) is 7.27. The Balaban J connectivity index is 2.85. The Hall–Kier alpha value is -1.26. The fourth-order valence-corrected chi connectivity index (χ4v) is 1.38. The summed E-state index contributed by atoms with van der Waals surface area (Å²) >= 11 is 5.75. The van der Waals surface area contributed by atoms with Gasteiger partial charge in [-0.05, 0) is 24.6 Å². The van der Waals surface area contributed by atoms with Crippen LogP contribution in [-0.4, -0.2) is 5.78 Å². The molecule has 0 radical (unpaired) electrons. The molecule has 0 amide bonds. The van der Waals surface area contributed by atoms with Crippen LogP contribution in [0.15, 0.2) is 24.3 Å². The van der Waals surface area contributed by atoms with Gasteiger partial charge in [-0.3, -0.25) is 4.79 Å². The Morgan fingerprint density at radius 3 is 2.50 bits per heavy atom. The van der Waals surface area contributed by atoms with E-state index in [1.54, 1.807) is 19.1 Å². The molecular weight excluding hydrogens is 196 g/mol.